The molecule has 7 heteroatoms. The summed E-state index contributed by atoms with van der Waals surface area (Å²) in [5.41, 5.74) is 3.39. The van der Waals surface area contributed by atoms with Crippen molar-refractivity contribution in [2.75, 3.05) is 6.54 Å². The number of carbonyl (C=O) groups excluding carboxylic acids is 1. The van der Waals surface area contributed by atoms with Crippen LogP contribution in [0.2, 0.25) is 0 Å². The second-order valence-electron chi connectivity index (χ2n) is 5.40. The summed E-state index contributed by atoms with van der Waals surface area (Å²) in [6.07, 6.45) is -1.57. The molecule has 0 bridgehead atoms. The van der Waals surface area contributed by atoms with E-state index in [1.54, 1.807) is 0 Å². The van der Waals surface area contributed by atoms with E-state index in [-0.39, 0.29) is 23.2 Å². The quantitative estimate of drug-likeness (QED) is 0.890. The van der Waals surface area contributed by atoms with Crippen molar-refractivity contribution in [3.8, 4) is 0 Å². The molecule has 1 aromatic heterocycles. The first-order valence-corrected chi connectivity index (χ1v) is 7.02. The van der Waals surface area contributed by atoms with Gasteiger partial charge in [-0.05, 0) is 35.7 Å². The van der Waals surface area contributed by atoms with E-state index < -0.39 is 17.6 Å². The summed E-state index contributed by atoms with van der Waals surface area (Å²) in [6.45, 7) is 0.164. The van der Waals surface area contributed by atoms with E-state index in [1.807, 2.05) is 0 Å². The topological polar surface area (TPSA) is 68.0 Å². The first kappa shape index (κ1) is 15.5. The van der Waals surface area contributed by atoms with Crippen LogP contribution in [0, 0.1) is 0 Å². The number of benzene rings is 1. The van der Waals surface area contributed by atoms with Crippen molar-refractivity contribution < 1.29 is 18.0 Å². The average Bonchev–Trinajstić information content (AvgIpc) is 2.53. The van der Waals surface area contributed by atoms with Gasteiger partial charge in [0.25, 0.3) is 0 Å². The van der Waals surface area contributed by atoms with E-state index in [4.69, 9.17) is 5.73 Å². The maximum Gasteiger partial charge on any atom is 0.415 e. The molecule has 2 aromatic rings. The van der Waals surface area contributed by atoms with Gasteiger partial charge in [-0.3, -0.25) is 15.1 Å². The minimum atomic E-state index is -4.61. The molecule has 0 aliphatic carbocycles. The molecule has 2 heterocycles. The van der Waals surface area contributed by atoms with E-state index in [9.17, 15) is 18.0 Å². The number of nitrogens with two attached hydrogens (primary N) is 1. The zero-order valence-corrected chi connectivity index (χ0v) is 12.0. The molecule has 1 atom stereocenters. The molecule has 0 radical (unpaired) electrons. The number of rotatable bonds is 2. The molecule has 1 amide bonds. The standard InChI is InChI=1S/C16H14F3N3O/c17-16(18,19)15(12-2-1-6-21-9-12)13-8-11(14(20)23)4-3-10(13)5-7-22-15/h1-4,6,8-9,22H,5,7H2,(H2,20,23). The predicted molar refractivity (Wildman–Crippen MR) is 77.7 cm³/mol. The van der Waals surface area contributed by atoms with E-state index in [1.165, 1.54) is 42.7 Å². The molecule has 4 nitrogen and oxygen atoms in total. The molecule has 3 rings (SSSR count). The van der Waals surface area contributed by atoms with Crippen LogP contribution >= 0.6 is 0 Å². The van der Waals surface area contributed by atoms with Gasteiger partial charge in [-0.2, -0.15) is 13.2 Å². The molecule has 1 aromatic carbocycles. The second-order valence-corrected chi connectivity index (χ2v) is 5.40. The summed E-state index contributed by atoms with van der Waals surface area (Å²) in [5, 5.41) is 2.59. The Kier molecular flexibility index (Phi) is 3.60. The Morgan fingerprint density at radius 3 is 2.70 bits per heavy atom. The average molecular weight is 321 g/mol. The smallest absolute Gasteiger partial charge is 0.366 e. The van der Waals surface area contributed by atoms with Crippen molar-refractivity contribution >= 4 is 5.91 Å². The summed E-state index contributed by atoms with van der Waals surface area (Å²) in [6, 6.07) is 7.05. The lowest BCUT2D eigenvalue weighted by Gasteiger charge is -2.41. The summed E-state index contributed by atoms with van der Waals surface area (Å²) in [5.74, 6) is -0.763. The molecule has 1 aliphatic rings. The van der Waals surface area contributed by atoms with Gasteiger partial charge in [-0.15, -0.1) is 0 Å². The molecular formula is C16H14F3N3O. The van der Waals surface area contributed by atoms with E-state index >= 15 is 0 Å². The van der Waals surface area contributed by atoms with Crippen LogP contribution in [-0.4, -0.2) is 23.6 Å². The number of aromatic nitrogens is 1. The van der Waals surface area contributed by atoms with Crippen molar-refractivity contribution in [1.82, 2.24) is 10.3 Å². The molecule has 23 heavy (non-hydrogen) atoms. The number of amides is 1. The summed E-state index contributed by atoms with van der Waals surface area (Å²) in [4.78, 5) is 15.2. The van der Waals surface area contributed by atoms with E-state index in [0.29, 0.717) is 12.0 Å². The van der Waals surface area contributed by atoms with Gasteiger partial charge in [0.1, 0.15) is 0 Å². The van der Waals surface area contributed by atoms with E-state index in [2.05, 4.69) is 10.3 Å². The van der Waals surface area contributed by atoms with Crippen molar-refractivity contribution in [1.29, 1.82) is 0 Å². The van der Waals surface area contributed by atoms with E-state index in [0.717, 1.165) is 0 Å². The van der Waals surface area contributed by atoms with Crippen LogP contribution in [0.3, 0.4) is 0 Å². The van der Waals surface area contributed by atoms with Crippen molar-refractivity contribution in [3.63, 3.8) is 0 Å². The number of hydrogen-bond donors (Lipinski definition) is 2. The highest BCUT2D eigenvalue weighted by Crippen LogP contribution is 2.47. The van der Waals surface area contributed by atoms with Crippen molar-refractivity contribution in [3.05, 3.63) is 65.0 Å². The Labute approximate surface area is 130 Å². The third kappa shape index (κ3) is 2.37. The fourth-order valence-electron chi connectivity index (χ4n) is 3.04. The number of primary amides is 1. The minimum absolute atomic E-state index is 0.000509. The van der Waals surface area contributed by atoms with Gasteiger partial charge in [0.15, 0.2) is 5.54 Å². The molecular weight excluding hydrogens is 307 g/mol. The summed E-state index contributed by atoms with van der Waals surface area (Å²) in [7, 11) is 0. The lowest BCUT2D eigenvalue weighted by Crippen LogP contribution is -2.58. The van der Waals surface area contributed by atoms with Crippen LogP contribution in [-0.2, 0) is 12.0 Å². The van der Waals surface area contributed by atoms with Crippen molar-refractivity contribution in [2.24, 2.45) is 5.73 Å². The summed E-state index contributed by atoms with van der Waals surface area (Å²) < 4.78 is 42.3. The van der Waals surface area contributed by atoms with Gasteiger partial charge in [0.2, 0.25) is 5.91 Å². The predicted octanol–water partition coefficient (Wildman–Crippen LogP) is 2.13. The zero-order chi connectivity index (χ0) is 16.7. The van der Waals surface area contributed by atoms with Gasteiger partial charge in [0.05, 0.1) is 0 Å². The molecule has 120 valence electrons. The number of nitrogens with one attached hydrogen (secondary N) is 1. The van der Waals surface area contributed by atoms with Crippen LogP contribution in [0.5, 0.6) is 0 Å². The summed E-state index contributed by atoms with van der Waals surface area (Å²) >= 11 is 0. The van der Waals surface area contributed by atoms with Gasteiger partial charge in [-0.25, -0.2) is 0 Å². The number of pyridine rings is 1. The Hall–Kier alpha value is -2.41. The van der Waals surface area contributed by atoms with Gasteiger partial charge >= 0.3 is 6.18 Å². The number of fused-ring (bicyclic) bond motifs is 1. The third-order valence-corrected chi connectivity index (χ3v) is 4.10. The highest BCUT2D eigenvalue weighted by molar-refractivity contribution is 5.93. The van der Waals surface area contributed by atoms with Gasteiger partial charge in [0, 0.05) is 30.1 Å². The van der Waals surface area contributed by atoms with Crippen LogP contribution in [0.25, 0.3) is 0 Å². The SMILES string of the molecule is NC(=O)c1ccc2c(c1)C(c1cccnc1)(C(F)(F)F)NCC2. The minimum Gasteiger partial charge on any atom is -0.366 e. The fourth-order valence-corrected chi connectivity index (χ4v) is 3.04. The van der Waals surface area contributed by atoms with Crippen LogP contribution < -0.4 is 11.1 Å². The van der Waals surface area contributed by atoms with Gasteiger partial charge in [-0.1, -0.05) is 12.1 Å². The Bertz CT molecular complexity index is 746. The first-order chi connectivity index (χ1) is 10.9. The number of carbonyl (C=O) groups is 1. The van der Waals surface area contributed by atoms with Crippen LogP contribution in [0.15, 0.2) is 42.7 Å². The fraction of sp³-hybridized carbons (Fsp3) is 0.250. The van der Waals surface area contributed by atoms with Crippen LogP contribution in [0.1, 0.15) is 27.0 Å². The molecule has 0 spiro atoms. The molecule has 0 saturated heterocycles. The number of hydrogen-bond acceptors (Lipinski definition) is 3. The Morgan fingerprint density at radius 1 is 1.30 bits per heavy atom. The molecule has 1 aliphatic heterocycles. The molecule has 3 N–H and O–H groups in total. The number of halogens is 3. The Balaban J connectivity index is 2.32. The second kappa shape index (κ2) is 5.34. The number of alkyl halides is 3. The molecule has 0 saturated carbocycles. The molecule has 0 fully saturated rings. The largest absolute Gasteiger partial charge is 0.415 e. The van der Waals surface area contributed by atoms with Crippen molar-refractivity contribution in [2.45, 2.75) is 18.1 Å². The molecule has 1 unspecified atom stereocenters. The highest BCUT2D eigenvalue weighted by atomic mass is 19.4. The number of nitrogens with zero attached hydrogens (tertiary/aromatic N) is 1. The third-order valence-electron chi connectivity index (χ3n) is 4.10. The van der Waals surface area contributed by atoms with Gasteiger partial charge < -0.3 is 5.73 Å². The lowest BCUT2D eigenvalue weighted by molar-refractivity contribution is -0.189. The monoisotopic (exact) mass is 321 g/mol. The first-order valence-electron chi connectivity index (χ1n) is 7.02. The maximum atomic E-state index is 14.1. The normalized spacial score (nSPS) is 20.8. The zero-order valence-electron chi connectivity index (χ0n) is 12.0. The Morgan fingerprint density at radius 2 is 2.09 bits per heavy atom. The van der Waals surface area contributed by atoms with Crippen LogP contribution in [0.4, 0.5) is 13.2 Å². The lowest BCUT2D eigenvalue weighted by atomic mass is 9.76. The maximum absolute atomic E-state index is 14.1. The highest BCUT2D eigenvalue weighted by Gasteiger charge is 2.59.